The molecule has 142 valence electrons. The highest BCUT2D eigenvalue weighted by molar-refractivity contribution is 5.95. The minimum absolute atomic E-state index is 0.0252. The molecular formula is C19H23N5O3. The van der Waals surface area contributed by atoms with Crippen molar-refractivity contribution in [1.82, 2.24) is 25.3 Å². The molecular weight excluding hydrogens is 346 g/mol. The summed E-state index contributed by atoms with van der Waals surface area (Å²) in [6.45, 7) is 0.697. The molecule has 1 aromatic heterocycles. The van der Waals surface area contributed by atoms with Gasteiger partial charge in [0, 0.05) is 50.4 Å². The molecule has 1 aromatic carbocycles. The number of hydrogen-bond donors (Lipinski definition) is 2. The Bertz CT molecular complexity index is 843. The van der Waals surface area contributed by atoms with Crippen LogP contribution < -0.4 is 10.6 Å². The van der Waals surface area contributed by atoms with Gasteiger partial charge in [0.2, 0.25) is 11.8 Å². The summed E-state index contributed by atoms with van der Waals surface area (Å²) in [7, 11) is 3.33. The number of likely N-dealkylation sites (N-methyl/N-ethyl adjacent to an activating group) is 2. The van der Waals surface area contributed by atoms with Gasteiger partial charge in [-0.15, -0.1) is 0 Å². The van der Waals surface area contributed by atoms with Crippen molar-refractivity contribution in [2.45, 2.75) is 25.4 Å². The number of aromatic nitrogens is 2. The lowest BCUT2D eigenvalue weighted by atomic mass is 10.0. The molecule has 0 bridgehead atoms. The summed E-state index contributed by atoms with van der Waals surface area (Å²) in [6, 6.07) is 7.21. The normalized spacial score (nSPS) is 16.9. The highest BCUT2D eigenvalue weighted by Gasteiger charge is 2.24. The Morgan fingerprint density at radius 1 is 1.22 bits per heavy atom. The number of piperidine rings is 1. The van der Waals surface area contributed by atoms with Crippen LogP contribution in [0.3, 0.4) is 0 Å². The molecule has 0 radical (unpaired) electrons. The van der Waals surface area contributed by atoms with Crippen LogP contribution >= 0.6 is 0 Å². The van der Waals surface area contributed by atoms with Crippen LogP contribution in [0, 0.1) is 0 Å². The molecule has 0 saturated carbocycles. The van der Waals surface area contributed by atoms with E-state index in [1.165, 1.54) is 0 Å². The summed E-state index contributed by atoms with van der Waals surface area (Å²) in [5.41, 5.74) is 2.35. The van der Waals surface area contributed by atoms with Crippen molar-refractivity contribution in [1.29, 1.82) is 0 Å². The number of nitrogens with zero attached hydrogens (tertiary/aromatic N) is 3. The fourth-order valence-electron chi connectivity index (χ4n) is 3.04. The Kier molecular flexibility index (Phi) is 5.54. The van der Waals surface area contributed by atoms with Crippen molar-refractivity contribution in [3.05, 3.63) is 42.2 Å². The van der Waals surface area contributed by atoms with E-state index in [1.807, 2.05) is 12.1 Å². The Morgan fingerprint density at radius 3 is 2.63 bits per heavy atom. The summed E-state index contributed by atoms with van der Waals surface area (Å²) < 4.78 is 1.57. The van der Waals surface area contributed by atoms with Crippen molar-refractivity contribution in [2.75, 3.05) is 20.6 Å². The maximum Gasteiger partial charge on any atom is 0.251 e. The fraction of sp³-hybridized carbons (Fsp3) is 0.368. The molecule has 2 N–H and O–H groups in total. The quantitative estimate of drug-likeness (QED) is 0.809. The highest BCUT2D eigenvalue weighted by Crippen LogP contribution is 2.19. The first-order chi connectivity index (χ1) is 13.0. The van der Waals surface area contributed by atoms with E-state index >= 15 is 0 Å². The van der Waals surface area contributed by atoms with Gasteiger partial charge in [-0.3, -0.25) is 19.1 Å². The zero-order chi connectivity index (χ0) is 19.4. The zero-order valence-electron chi connectivity index (χ0n) is 15.4. The van der Waals surface area contributed by atoms with E-state index in [0.29, 0.717) is 24.9 Å². The first-order valence-corrected chi connectivity index (χ1v) is 8.84. The molecule has 1 saturated heterocycles. The molecule has 0 unspecified atom stereocenters. The molecule has 3 amide bonds. The maximum absolute atomic E-state index is 12.4. The van der Waals surface area contributed by atoms with Crippen molar-refractivity contribution < 1.29 is 14.4 Å². The van der Waals surface area contributed by atoms with Crippen LogP contribution in [0.4, 0.5) is 0 Å². The molecule has 3 rings (SSSR count). The third-order valence-corrected chi connectivity index (χ3v) is 4.66. The molecule has 1 atom stereocenters. The van der Waals surface area contributed by atoms with E-state index < -0.39 is 0 Å². The van der Waals surface area contributed by atoms with E-state index in [9.17, 15) is 14.4 Å². The van der Waals surface area contributed by atoms with Crippen LogP contribution in [0.1, 0.15) is 23.2 Å². The van der Waals surface area contributed by atoms with E-state index in [4.69, 9.17) is 0 Å². The number of benzene rings is 1. The minimum Gasteiger partial charge on any atom is -0.358 e. The Hall–Kier alpha value is -3.16. The number of hydrogen-bond acceptors (Lipinski definition) is 4. The average Bonchev–Trinajstić information content (AvgIpc) is 3.13. The first kappa shape index (κ1) is 18.6. The predicted molar refractivity (Wildman–Crippen MR) is 99.9 cm³/mol. The van der Waals surface area contributed by atoms with Gasteiger partial charge in [0.15, 0.2) is 0 Å². The molecule has 8 nitrogen and oxygen atoms in total. The standard InChI is InChI=1S/C19H23N5O3/c1-20-17(25)12-24-10-15(9-21-24)13-3-5-14(6-4-13)19(27)22-16-7-8-18(26)23(2)11-16/h3-6,9-10,16H,7-8,11-12H2,1-2H3,(H,20,25)(H,22,27)/t16-/m0/s1. The Morgan fingerprint density at radius 2 is 1.96 bits per heavy atom. The van der Waals surface area contributed by atoms with Gasteiger partial charge in [0.05, 0.1) is 6.20 Å². The smallest absolute Gasteiger partial charge is 0.251 e. The lowest BCUT2D eigenvalue weighted by molar-refractivity contribution is -0.132. The molecule has 27 heavy (non-hydrogen) atoms. The molecule has 0 aliphatic carbocycles. The van der Waals surface area contributed by atoms with Gasteiger partial charge >= 0.3 is 0 Å². The van der Waals surface area contributed by atoms with Gasteiger partial charge < -0.3 is 15.5 Å². The van der Waals surface area contributed by atoms with Crippen LogP contribution in [-0.4, -0.2) is 59.1 Å². The Labute approximate surface area is 157 Å². The fourth-order valence-corrected chi connectivity index (χ4v) is 3.04. The molecule has 8 heteroatoms. The van der Waals surface area contributed by atoms with Gasteiger partial charge in [-0.25, -0.2) is 0 Å². The number of likely N-dealkylation sites (tertiary alicyclic amines) is 1. The minimum atomic E-state index is -0.149. The second kappa shape index (κ2) is 8.03. The first-order valence-electron chi connectivity index (χ1n) is 8.84. The van der Waals surface area contributed by atoms with Crippen LogP contribution in [0.15, 0.2) is 36.7 Å². The van der Waals surface area contributed by atoms with Crippen molar-refractivity contribution in [3.63, 3.8) is 0 Å². The van der Waals surface area contributed by atoms with Crippen LogP contribution in [0.5, 0.6) is 0 Å². The molecule has 1 aliphatic heterocycles. The lowest BCUT2D eigenvalue weighted by Crippen LogP contribution is -2.48. The zero-order valence-corrected chi connectivity index (χ0v) is 15.4. The topological polar surface area (TPSA) is 96.3 Å². The van der Waals surface area contributed by atoms with Crippen LogP contribution in [-0.2, 0) is 16.1 Å². The van der Waals surface area contributed by atoms with Gasteiger partial charge in [-0.1, -0.05) is 12.1 Å². The van der Waals surface area contributed by atoms with E-state index in [1.54, 1.807) is 48.2 Å². The summed E-state index contributed by atoms with van der Waals surface area (Å²) in [5, 5.41) is 9.71. The number of carbonyl (C=O) groups is 3. The van der Waals surface area contributed by atoms with Gasteiger partial charge in [-0.2, -0.15) is 5.10 Å². The van der Waals surface area contributed by atoms with Gasteiger partial charge in [0.25, 0.3) is 5.91 Å². The third-order valence-electron chi connectivity index (χ3n) is 4.66. The highest BCUT2D eigenvalue weighted by atomic mass is 16.2. The maximum atomic E-state index is 12.4. The predicted octanol–water partition coefficient (Wildman–Crippen LogP) is 0.647. The molecule has 1 aliphatic rings. The van der Waals surface area contributed by atoms with Gasteiger partial charge in [-0.05, 0) is 24.1 Å². The summed E-state index contributed by atoms with van der Waals surface area (Å²) in [4.78, 5) is 37.0. The summed E-state index contributed by atoms with van der Waals surface area (Å²) >= 11 is 0. The largest absolute Gasteiger partial charge is 0.358 e. The monoisotopic (exact) mass is 369 g/mol. The van der Waals surface area contributed by atoms with E-state index in [0.717, 1.165) is 11.1 Å². The SMILES string of the molecule is CNC(=O)Cn1cc(-c2ccc(C(=O)N[C@H]3CCC(=O)N(C)C3)cc2)cn1. The molecule has 2 aromatic rings. The second-order valence-electron chi connectivity index (χ2n) is 6.66. The molecule has 2 heterocycles. The average molecular weight is 369 g/mol. The lowest BCUT2D eigenvalue weighted by Gasteiger charge is -2.30. The van der Waals surface area contributed by atoms with Crippen molar-refractivity contribution >= 4 is 17.7 Å². The summed E-state index contributed by atoms with van der Waals surface area (Å²) in [6.07, 6.45) is 4.60. The van der Waals surface area contributed by atoms with Crippen LogP contribution in [0.25, 0.3) is 11.1 Å². The van der Waals surface area contributed by atoms with Crippen molar-refractivity contribution in [3.8, 4) is 11.1 Å². The van der Waals surface area contributed by atoms with Gasteiger partial charge in [0.1, 0.15) is 6.54 Å². The summed E-state index contributed by atoms with van der Waals surface area (Å²) in [5.74, 6) is -0.154. The van der Waals surface area contributed by atoms with Crippen molar-refractivity contribution in [2.24, 2.45) is 0 Å². The molecule has 1 fully saturated rings. The number of rotatable bonds is 5. The van der Waals surface area contributed by atoms with E-state index in [2.05, 4.69) is 15.7 Å². The number of amides is 3. The number of carbonyl (C=O) groups excluding carboxylic acids is 3. The van der Waals surface area contributed by atoms with E-state index in [-0.39, 0.29) is 30.3 Å². The second-order valence-corrected chi connectivity index (χ2v) is 6.66. The molecule has 0 spiro atoms. The number of nitrogens with one attached hydrogen (secondary N) is 2. The Balaban J connectivity index is 1.62. The third kappa shape index (κ3) is 4.52. The van der Waals surface area contributed by atoms with Crippen LogP contribution in [0.2, 0.25) is 0 Å².